The first kappa shape index (κ1) is 26.0. The molecule has 4 rings (SSSR count). The van der Waals surface area contributed by atoms with Crippen LogP contribution in [0.3, 0.4) is 0 Å². The van der Waals surface area contributed by atoms with E-state index in [1.54, 1.807) is 6.08 Å². The largest absolute Gasteiger partial charge is 0.491 e. The van der Waals surface area contributed by atoms with E-state index < -0.39 is 0 Å². The van der Waals surface area contributed by atoms with Crippen molar-refractivity contribution >= 4 is 44.9 Å². The van der Waals surface area contributed by atoms with E-state index in [0.29, 0.717) is 23.2 Å². The highest BCUT2D eigenvalue weighted by atomic mass is 79.9. The van der Waals surface area contributed by atoms with Gasteiger partial charge in [0.1, 0.15) is 24.7 Å². The lowest BCUT2D eigenvalue weighted by Crippen LogP contribution is -2.32. The lowest BCUT2D eigenvalue weighted by molar-refractivity contribution is -0.123. The van der Waals surface area contributed by atoms with Crippen molar-refractivity contribution in [3.8, 4) is 11.5 Å². The Balaban J connectivity index is 1.45. The topological polar surface area (TPSA) is 55.8 Å². The number of halogens is 1. The molecule has 0 N–H and O–H groups in total. The van der Waals surface area contributed by atoms with Gasteiger partial charge >= 0.3 is 0 Å². The van der Waals surface area contributed by atoms with Crippen LogP contribution >= 0.6 is 27.7 Å². The van der Waals surface area contributed by atoms with Crippen LogP contribution in [0, 0.1) is 6.92 Å². The lowest BCUT2D eigenvalue weighted by atomic mass is 10.0. The van der Waals surface area contributed by atoms with Crippen molar-refractivity contribution in [2.24, 2.45) is 0 Å². The number of rotatable bonds is 9. The molecule has 1 heterocycles. The fourth-order valence-electron chi connectivity index (χ4n) is 3.82. The van der Waals surface area contributed by atoms with Crippen molar-refractivity contribution in [2.45, 2.75) is 33.3 Å². The van der Waals surface area contributed by atoms with Crippen LogP contribution in [0.5, 0.6) is 11.5 Å². The summed E-state index contributed by atoms with van der Waals surface area (Å²) >= 11 is 4.42. The van der Waals surface area contributed by atoms with E-state index in [9.17, 15) is 9.59 Å². The van der Waals surface area contributed by atoms with E-state index in [1.807, 2.05) is 61.5 Å². The van der Waals surface area contributed by atoms with Crippen molar-refractivity contribution in [3.63, 3.8) is 0 Å². The summed E-state index contributed by atoms with van der Waals surface area (Å²) in [4.78, 5) is 27.3. The van der Waals surface area contributed by atoms with Crippen molar-refractivity contribution in [1.29, 1.82) is 0 Å². The van der Waals surface area contributed by atoms with Crippen LogP contribution in [0.1, 0.15) is 42.0 Å². The number of hydrogen-bond donors (Lipinski definition) is 0. The van der Waals surface area contributed by atoms with Crippen LogP contribution in [-0.2, 0) is 11.4 Å². The molecule has 0 saturated carbocycles. The predicted molar refractivity (Wildman–Crippen MR) is 148 cm³/mol. The minimum Gasteiger partial charge on any atom is -0.491 e. The lowest BCUT2D eigenvalue weighted by Gasteiger charge is -2.17. The molecule has 0 aliphatic carbocycles. The summed E-state index contributed by atoms with van der Waals surface area (Å²) in [5.74, 6) is 1.42. The van der Waals surface area contributed by atoms with E-state index in [1.165, 1.54) is 4.90 Å². The molecule has 0 bridgehead atoms. The van der Waals surface area contributed by atoms with E-state index in [-0.39, 0.29) is 24.3 Å². The smallest absolute Gasteiger partial charge is 0.293 e. The molecule has 0 unspecified atom stereocenters. The Morgan fingerprint density at radius 3 is 2.50 bits per heavy atom. The number of ether oxygens (including phenoxy) is 2. The second-order valence-corrected chi connectivity index (χ2v) is 10.7. The molecule has 1 saturated heterocycles. The molecular formula is C29H28BrNO4S. The molecular weight excluding hydrogens is 538 g/mol. The molecule has 36 heavy (non-hydrogen) atoms. The summed E-state index contributed by atoms with van der Waals surface area (Å²) in [6, 6.07) is 21.6. The number of amides is 2. The molecule has 1 aliphatic heterocycles. The Labute approximate surface area is 224 Å². The Hall–Kier alpha value is -3.03. The van der Waals surface area contributed by atoms with Gasteiger partial charge in [0.05, 0.1) is 11.4 Å². The van der Waals surface area contributed by atoms with Crippen LogP contribution in [0.2, 0.25) is 0 Å². The molecule has 2 amide bonds. The quantitative estimate of drug-likeness (QED) is 0.250. The first-order valence-corrected chi connectivity index (χ1v) is 13.4. The zero-order valence-electron chi connectivity index (χ0n) is 20.5. The third kappa shape index (κ3) is 6.39. The summed E-state index contributed by atoms with van der Waals surface area (Å²) in [6.45, 7) is 7.05. The number of nitrogens with zero attached hydrogens (tertiary/aromatic N) is 1. The Morgan fingerprint density at radius 2 is 1.75 bits per heavy atom. The highest BCUT2D eigenvalue weighted by Gasteiger charge is 2.35. The number of thioether (sulfide) groups is 1. The molecule has 0 spiro atoms. The molecule has 3 aromatic carbocycles. The van der Waals surface area contributed by atoms with Gasteiger partial charge in [-0.05, 0) is 71.6 Å². The summed E-state index contributed by atoms with van der Waals surface area (Å²) in [5, 5.41) is -0.301. The molecule has 186 valence electrons. The average molecular weight is 567 g/mol. The number of benzene rings is 3. The minimum absolute atomic E-state index is 0.184. The highest BCUT2D eigenvalue weighted by Crippen LogP contribution is 2.35. The van der Waals surface area contributed by atoms with Gasteiger partial charge in [-0.15, -0.1) is 0 Å². The normalized spacial score (nSPS) is 14.7. The Morgan fingerprint density at radius 1 is 0.972 bits per heavy atom. The van der Waals surface area contributed by atoms with E-state index in [0.717, 1.165) is 44.2 Å². The predicted octanol–water partition coefficient (Wildman–Crippen LogP) is 7.58. The average Bonchev–Trinajstić information content (AvgIpc) is 3.11. The van der Waals surface area contributed by atoms with Crippen LogP contribution in [-0.4, -0.2) is 29.2 Å². The first-order valence-electron chi connectivity index (χ1n) is 11.8. The van der Waals surface area contributed by atoms with Gasteiger partial charge in [-0.25, -0.2) is 0 Å². The zero-order chi connectivity index (χ0) is 25.7. The highest BCUT2D eigenvalue weighted by molar-refractivity contribution is 9.10. The number of imide groups is 1. The van der Waals surface area contributed by atoms with E-state index >= 15 is 0 Å². The van der Waals surface area contributed by atoms with Gasteiger partial charge in [-0.2, -0.15) is 0 Å². The van der Waals surface area contributed by atoms with Crippen molar-refractivity contribution < 1.29 is 19.1 Å². The third-order valence-corrected chi connectivity index (χ3v) is 7.13. The summed E-state index contributed by atoms with van der Waals surface area (Å²) in [7, 11) is 0. The monoisotopic (exact) mass is 565 g/mol. The van der Waals surface area contributed by atoms with Gasteiger partial charge in [0.15, 0.2) is 0 Å². The second-order valence-electron chi connectivity index (χ2n) is 8.83. The standard InChI is InChI=1S/C29H28BrNO4S/c1-19(2)24-11-9-20(3)15-26(24)34-14-13-31-28(32)27(36-29(31)33)17-22-16-23(30)10-12-25(22)35-18-21-7-5-4-6-8-21/h4-12,15-17,19H,13-14,18H2,1-3H3/b27-17-. The van der Waals surface area contributed by atoms with E-state index in [4.69, 9.17) is 9.47 Å². The Bertz CT molecular complexity index is 1290. The van der Waals surface area contributed by atoms with Crippen molar-refractivity contribution in [3.05, 3.63) is 98.4 Å². The van der Waals surface area contributed by atoms with Crippen molar-refractivity contribution in [2.75, 3.05) is 13.2 Å². The molecule has 5 nitrogen and oxygen atoms in total. The van der Waals surface area contributed by atoms with Crippen LogP contribution in [0.15, 0.2) is 76.1 Å². The van der Waals surface area contributed by atoms with Crippen LogP contribution < -0.4 is 9.47 Å². The molecule has 0 radical (unpaired) electrons. The van der Waals surface area contributed by atoms with Gasteiger partial charge in [-0.3, -0.25) is 14.5 Å². The minimum atomic E-state index is -0.323. The Kier molecular flexibility index (Phi) is 8.54. The van der Waals surface area contributed by atoms with Gasteiger partial charge in [0.2, 0.25) is 0 Å². The fourth-order valence-corrected chi connectivity index (χ4v) is 5.06. The van der Waals surface area contributed by atoms with Gasteiger partial charge in [0, 0.05) is 10.0 Å². The molecule has 1 aliphatic rings. The molecule has 0 aromatic heterocycles. The summed E-state index contributed by atoms with van der Waals surface area (Å²) in [6.07, 6.45) is 1.72. The number of aryl methyl sites for hydroxylation is 1. The van der Waals surface area contributed by atoms with Crippen molar-refractivity contribution in [1.82, 2.24) is 4.90 Å². The maximum atomic E-state index is 13.1. The number of carbonyl (C=O) groups excluding carboxylic acids is 2. The zero-order valence-corrected chi connectivity index (χ0v) is 22.9. The first-order chi connectivity index (χ1) is 17.3. The molecule has 1 fully saturated rings. The maximum Gasteiger partial charge on any atom is 0.293 e. The van der Waals surface area contributed by atoms with Gasteiger partial charge < -0.3 is 9.47 Å². The van der Waals surface area contributed by atoms with Crippen LogP contribution in [0.25, 0.3) is 6.08 Å². The second kappa shape index (κ2) is 11.8. The van der Waals surface area contributed by atoms with E-state index in [2.05, 4.69) is 41.9 Å². The number of hydrogen-bond acceptors (Lipinski definition) is 5. The summed E-state index contributed by atoms with van der Waals surface area (Å²) < 4.78 is 12.9. The SMILES string of the molecule is Cc1ccc(C(C)C)c(OCCN2C(=O)S/C(=C\c3cc(Br)ccc3OCc3ccccc3)C2=O)c1. The van der Waals surface area contributed by atoms with Gasteiger partial charge in [-0.1, -0.05) is 72.2 Å². The fraction of sp³-hybridized carbons (Fsp3) is 0.241. The van der Waals surface area contributed by atoms with Gasteiger partial charge in [0.25, 0.3) is 11.1 Å². The third-order valence-electron chi connectivity index (χ3n) is 5.73. The molecule has 0 atom stereocenters. The molecule has 7 heteroatoms. The maximum absolute atomic E-state index is 13.1. The van der Waals surface area contributed by atoms with Crippen LogP contribution in [0.4, 0.5) is 4.79 Å². The molecule has 3 aromatic rings. The number of carbonyl (C=O) groups is 2. The summed E-state index contributed by atoms with van der Waals surface area (Å²) in [5.41, 5.74) is 3.97.